The highest BCUT2D eigenvalue weighted by atomic mass is 32.1. The molecule has 0 saturated carbocycles. The molecule has 0 aliphatic heterocycles. The van der Waals surface area contributed by atoms with Crippen LogP contribution in [0.1, 0.15) is 18.9 Å². The SMILES string of the molecule is CCOc1cc(CCC(=S)NC)ccc1OC. The first kappa shape index (κ1) is 13.8. The van der Waals surface area contributed by atoms with E-state index in [2.05, 4.69) is 5.32 Å². The Kier molecular flexibility index (Phi) is 5.77. The molecule has 1 aromatic carbocycles. The van der Waals surface area contributed by atoms with Crippen LogP contribution in [0.2, 0.25) is 0 Å². The molecule has 0 amide bonds. The number of hydrogen-bond donors (Lipinski definition) is 1. The summed E-state index contributed by atoms with van der Waals surface area (Å²) in [6.45, 7) is 2.59. The largest absolute Gasteiger partial charge is 0.493 e. The van der Waals surface area contributed by atoms with E-state index in [-0.39, 0.29) is 0 Å². The summed E-state index contributed by atoms with van der Waals surface area (Å²) in [6, 6.07) is 5.99. The molecule has 17 heavy (non-hydrogen) atoms. The molecule has 0 spiro atoms. The third-order valence-corrected chi connectivity index (χ3v) is 2.86. The molecule has 0 fully saturated rings. The van der Waals surface area contributed by atoms with Crippen molar-refractivity contribution in [3.05, 3.63) is 23.8 Å². The number of nitrogens with one attached hydrogen (secondary N) is 1. The van der Waals surface area contributed by atoms with Gasteiger partial charge in [0.05, 0.1) is 18.7 Å². The molecule has 1 aromatic rings. The van der Waals surface area contributed by atoms with Crippen molar-refractivity contribution >= 4 is 17.2 Å². The second-order valence-electron chi connectivity index (χ2n) is 3.59. The highest BCUT2D eigenvalue weighted by Gasteiger charge is 2.05. The van der Waals surface area contributed by atoms with E-state index in [4.69, 9.17) is 21.7 Å². The van der Waals surface area contributed by atoms with Crippen molar-refractivity contribution in [2.24, 2.45) is 0 Å². The number of benzene rings is 1. The monoisotopic (exact) mass is 253 g/mol. The molecule has 0 aliphatic carbocycles. The average Bonchev–Trinajstić information content (AvgIpc) is 2.36. The van der Waals surface area contributed by atoms with Gasteiger partial charge < -0.3 is 14.8 Å². The lowest BCUT2D eigenvalue weighted by Crippen LogP contribution is -2.15. The molecule has 0 aliphatic rings. The molecule has 0 heterocycles. The zero-order valence-electron chi connectivity index (χ0n) is 10.6. The highest BCUT2D eigenvalue weighted by molar-refractivity contribution is 7.80. The smallest absolute Gasteiger partial charge is 0.161 e. The van der Waals surface area contributed by atoms with E-state index in [1.54, 1.807) is 7.11 Å². The number of ether oxygens (including phenoxy) is 2. The van der Waals surface area contributed by atoms with Gasteiger partial charge in [-0.1, -0.05) is 18.3 Å². The zero-order chi connectivity index (χ0) is 12.7. The Morgan fingerprint density at radius 2 is 2.12 bits per heavy atom. The van der Waals surface area contributed by atoms with Crippen LogP contribution in [0.4, 0.5) is 0 Å². The van der Waals surface area contributed by atoms with Gasteiger partial charge in [-0.25, -0.2) is 0 Å². The number of rotatable bonds is 6. The summed E-state index contributed by atoms with van der Waals surface area (Å²) in [6.07, 6.45) is 1.76. The number of aryl methyl sites for hydroxylation is 1. The molecule has 0 unspecified atom stereocenters. The lowest BCUT2D eigenvalue weighted by Gasteiger charge is -2.11. The van der Waals surface area contributed by atoms with Crippen LogP contribution in [0.3, 0.4) is 0 Å². The standard InChI is InChI=1S/C13H19NO2S/c1-4-16-12-9-10(5-7-11(12)15-3)6-8-13(17)14-2/h5,7,9H,4,6,8H2,1-3H3,(H,14,17). The number of hydrogen-bond acceptors (Lipinski definition) is 3. The van der Waals surface area contributed by atoms with E-state index in [1.165, 1.54) is 5.56 Å². The van der Waals surface area contributed by atoms with E-state index in [0.717, 1.165) is 29.3 Å². The van der Waals surface area contributed by atoms with E-state index in [9.17, 15) is 0 Å². The van der Waals surface area contributed by atoms with Crippen LogP contribution in [-0.2, 0) is 6.42 Å². The Labute approximate surface area is 108 Å². The Bertz CT molecular complexity index is 380. The van der Waals surface area contributed by atoms with Gasteiger partial charge in [0.1, 0.15) is 0 Å². The molecule has 0 aromatic heterocycles. The maximum absolute atomic E-state index is 5.53. The minimum atomic E-state index is 0.634. The van der Waals surface area contributed by atoms with Gasteiger partial charge in [-0.3, -0.25) is 0 Å². The number of methoxy groups -OCH3 is 1. The highest BCUT2D eigenvalue weighted by Crippen LogP contribution is 2.28. The predicted molar refractivity (Wildman–Crippen MR) is 74.1 cm³/mol. The Balaban J connectivity index is 2.73. The lowest BCUT2D eigenvalue weighted by atomic mass is 10.1. The summed E-state index contributed by atoms with van der Waals surface area (Å²) in [5.74, 6) is 1.56. The van der Waals surface area contributed by atoms with Crippen molar-refractivity contribution in [3.8, 4) is 11.5 Å². The molecule has 94 valence electrons. The first-order chi connectivity index (χ1) is 8.21. The molecule has 1 rings (SSSR count). The van der Waals surface area contributed by atoms with Crippen molar-refractivity contribution in [1.29, 1.82) is 0 Å². The van der Waals surface area contributed by atoms with Gasteiger partial charge in [0, 0.05) is 13.5 Å². The van der Waals surface area contributed by atoms with Crippen molar-refractivity contribution in [2.75, 3.05) is 20.8 Å². The van der Waals surface area contributed by atoms with Crippen LogP contribution in [0.5, 0.6) is 11.5 Å². The summed E-state index contributed by atoms with van der Waals surface area (Å²) in [4.78, 5) is 0.874. The quantitative estimate of drug-likeness (QED) is 0.789. The molecule has 0 atom stereocenters. The minimum absolute atomic E-state index is 0.634. The van der Waals surface area contributed by atoms with Crippen LogP contribution in [0.15, 0.2) is 18.2 Å². The second kappa shape index (κ2) is 7.12. The summed E-state index contributed by atoms with van der Waals surface area (Å²) >= 11 is 5.12. The van der Waals surface area contributed by atoms with Gasteiger partial charge in [0.25, 0.3) is 0 Å². The third-order valence-electron chi connectivity index (χ3n) is 2.45. The molecule has 1 N–H and O–H groups in total. The maximum atomic E-state index is 5.53. The zero-order valence-corrected chi connectivity index (χ0v) is 11.4. The van der Waals surface area contributed by atoms with Crippen LogP contribution in [0, 0.1) is 0 Å². The van der Waals surface area contributed by atoms with Gasteiger partial charge in [-0.05, 0) is 31.0 Å². The van der Waals surface area contributed by atoms with Crippen LogP contribution in [-0.4, -0.2) is 25.8 Å². The average molecular weight is 253 g/mol. The van der Waals surface area contributed by atoms with Crippen molar-refractivity contribution in [3.63, 3.8) is 0 Å². The fourth-order valence-corrected chi connectivity index (χ4v) is 1.63. The topological polar surface area (TPSA) is 30.5 Å². The lowest BCUT2D eigenvalue weighted by molar-refractivity contribution is 0.310. The van der Waals surface area contributed by atoms with Gasteiger partial charge in [0.2, 0.25) is 0 Å². The predicted octanol–water partition coefficient (Wildman–Crippen LogP) is 2.57. The van der Waals surface area contributed by atoms with Gasteiger partial charge >= 0.3 is 0 Å². The molecule has 0 bridgehead atoms. The fourth-order valence-electron chi connectivity index (χ4n) is 1.53. The first-order valence-electron chi connectivity index (χ1n) is 5.71. The summed E-state index contributed by atoms with van der Waals surface area (Å²) < 4.78 is 10.8. The third kappa shape index (κ3) is 4.23. The normalized spacial score (nSPS) is 9.82. The second-order valence-corrected chi connectivity index (χ2v) is 4.08. The first-order valence-corrected chi connectivity index (χ1v) is 6.12. The molecule has 0 saturated heterocycles. The van der Waals surface area contributed by atoms with E-state index < -0.39 is 0 Å². The molecule has 4 heteroatoms. The summed E-state index contributed by atoms with van der Waals surface area (Å²) in [5.41, 5.74) is 1.20. The van der Waals surface area contributed by atoms with Gasteiger partial charge in [-0.2, -0.15) is 0 Å². The van der Waals surface area contributed by atoms with Crippen LogP contribution in [0.25, 0.3) is 0 Å². The minimum Gasteiger partial charge on any atom is -0.493 e. The Morgan fingerprint density at radius 1 is 1.35 bits per heavy atom. The molecule has 3 nitrogen and oxygen atoms in total. The van der Waals surface area contributed by atoms with E-state index in [0.29, 0.717) is 6.61 Å². The van der Waals surface area contributed by atoms with Crippen molar-refractivity contribution < 1.29 is 9.47 Å². The number of thiocarbonyl (C=S) groups is 1. The van der Waals surface area contributed by atoms with Gasteiger partial charge in [0.15, 0.2) is 11.5 Å². The van der Waals surface area contributed by atoms with E-state index >= 15 is 0 Å². The van der Waals surface area contributed by atoms with Gasteiger partial charge in [-0.15, -0.1) is 0 Å². The van der Waals surface area contributed by atoms with Crippen molar-refractivity contribution in [1.82, 2.24) is 5.32 Å². The van der Waals surface area contributed by atoms with Crippen LogP contribution >= 0.6 is 12.2 Å². The van der Waals surface area contributed by atoms with Crippen molar-refractivity contribution in [2.45, 2.75) is 19.8 Å². The van der Waals surface area contributed by atoms with E-state index in [1.807, 2.05) is 32.2 Å². The molecular formula is C13H19NO2S. The summed E-state index contributed by atoms with van der Waals surface area (Å²) in [5, 5.41) is 2.97. The maximum Gasteiger partial charge on any atom is 0.161 e. The molecule has 0 radical (unpaired) electrons. The Morgan fingerprint density at radius 3 is 2.71 bits per heavy atom. The summed E-state index contributed by atoms with van der Waals surface area (Å²) in [7, 11) is 3.50. The molecular weight excluding hydrogens is 234 g/mol. The van der Waals surface area contributed by atoms with Crippen LogP contribution < -0.4 is 14.8 Å². The fraction of sp³-hybridized carbons (Fsp3) is 0.462. The Hall–Kier alpha value is -1.29.